The molecule has 0 spiro atoms. The zero-order valence-corrected chi connectivity index (χ0v) is 24.4. The van der Waals surface area contributed by atoms with Gasteiger partial charge in [0.2, 0.25) is 5.91 Å². The molecule has 11 nitrogen and oxygen atoms in total. The maximum Gasteiger partial charge on any atom is 0.263 e. The number of sulfonamides is 1. The fourth-order valence-electron chi connectivity index (χ4n) is 4.41. The Kier molecular flexibility index (Phi) is 9.65. The predicted molar refractivity (Wildman–Crippen MR) is 168 cm³/mol. The largest absolute Gasteiger partial charge is 0.508 e. The van der Waals surface area contributed by atoms with Gasteiger partial charge in [0.15, 0.2) is 11.6 Å². The second-order valence-electron chi connectivity index (χ2n) is 9.86. The standard InChI is InChI=1S/C32H31N5O6S/c38-17-7-10-23-15-16-25(39)19-29(23)36-31-32(35-28-14-5-4-13-27(28)34-31)37-44(41,42)26-12-6-11-24(18-26)33-30(40)21-43-20-22-8-2-1-3-9-22/h1-6,8-9,11-16,18-19,38-39H,7,10,17,20-21H2,(H,33,40)(H,34,36)(H,35,37). The van der Waals surface area contributed by atoms with Crippen molar-refractivity contribution in [2.75, 3.05) is 28.6 Å². The fraction of sp³-hybridized carbons (Fsp3) is 0.156. The van der Waals surface area contributed by atoms with Gasteiger partial charge in [-0.3, -0.25) is 9.52 Å². The number of aryl methyl sites for hydroxylation is 1. The van der Waals surface area contributed by atoms with E-state index in [0.717, 1.165) is 11.1 Å². The van der Waals surface area contributed by atoms with Crippen molar-refractivity contribution in [3.05, 3.63) is 108 Å². The number of phenolic OH excluding ortho intramolecular Hbond substituents is 1. The zero-order chi connectivity index (χ0) is 30.9. The molecule has 0 unspecified atom stereocenters. The molecule has 0 saturated carbocycles. The summed E-state index contributed by atoms with van der Waals surface area (Å²) in [6.45, 7) is 0.0455. The maximum absolute atomic E-state index is 13.6. The second kappa shape index (κ2) is 14.0. The summed E-state index contributed by atoms with van der Waals surface area (Å²) >= 11 is 0. The number of para-hydroxylation sites is 2. The van der Waals surface area contributed by atoms with Gasteiger partial charge in [-0.05, 0) is 60.4 Å². The molecule has 0 fully saturated rings. The van der Waals surface area contributed by atoms with Crippen LogP contribution in [0.4, 0.5) is 23.0 Å². The van der Waals surface area contributed by atoms with Crippen molar-refractivity contribution < 1.29 is 28.2 Å². The number of carbonyl (C=O) groups is 1. The average Bonchev–Trinajstić information content (AvgIpc) is 3.01. The van der Waals surface area contributed by atoms with E-state index in [0.29, 0.717) is 29.6 Å². The number of aromatic nitrogens is 2. The molecule has 4 aromatic carbocycles. The number of nitrogens with one attached hydrogen (secondary N) is 3. The van der Waals surface area contributed by atoms with Crippen molar-refractivity contribution in [1.82, 2.24) is 9.97 Å². The summed E-state index contributed by atoms with van der Waals surface area (Å²) in [5.74, 6) is -0.383. The van der Waals surface area contributed by atoms with Crippen LogP contribution in [0.15, 0.2) is 102 Å². The summed E-state index contributed by atoms with van der Waals surface area (Å²) in [5, 5.41) is 25.2. The summed E-state index contributed by atoms with van der Waals surface area (Å²) in [4.78, 5) is 21.5. The molecule has 1 amide bonds. The number of aromatic hydroxyl groups is 1. The van der Waals surface area contributed by atoms with E-state index < -0.39 is 15.9 Å². The van der Waals surface area contributed by atoms with Crippen LogP contribution in [0.3, 0.4) is 0 Å². The topological polar surface area (TPSA) is 163 Å². The van der Waals surface area contributed by atoms with Gasteiger partial charge in [0.1, 0.15) is 12.4 Å². The maximum atomic E-state index is 13.6. The molecule has 0 aliphatic heterocycles. The first-order valence-corrected chi connectivity index (χ1v) is 15.3. The Morgan fingerprint density at radius 3 is 2.32 bits per heavy atom. The Hall–Kier alpha value is -5.04. The fourth-order valence-corrected chi connectivity index (χ4v) is 5.47. The van der Waals surface area contributed by atoms with E-state index in [1.807, 2.05) is 30.3 Å². The molecule has 0 aliphatic carbocycles. The molecule has 0 saturated heterocycles. The van der Waals surface area contributed by atoms with Crippen LogP contribution in [-0.2, 0) is 32.6 Å². The zero-order valence-electron chi connectivity index (χ0n) is 23.6. The summed E-state index contributed by atoms with van der Waals surface area (Å²) < 4.78 is 35.1. The van der Waals surface area contributed by atoms with Crippen molar-refractivity contribution in [2.24, 2.45) is 0 Å². The minimum absolute atomic E-state index is 0.000422. The van der Waals surface area contributed by atoms with E-state index in [9.17, 15) is 23.4 Å². The quantitative estimate of drug-likeness (QED) is 0.124. The van der Waals surface area contributed by atoms with Crippen LogP contribution >= 0.6 is 0 Å². The number of aliphatic hydroxyl groups excluding tert-OH is 1. The van der Waals surface area contributed by atoms with Gasteiger partial charge < -0.3 is 25.6 Å². The first kappa shape index (κ1) is 30.4. The Morgan fingerprint density at radius 1 is 0.841 bits per heavy atom. The van der Waals surface area contributed by atoms with Crippen molar-refractivity contribution >= 4 is 50.0 Å². The highest BCUT2D eigenvalue weighted by molar-refractivity contribution is 7.92. The van der Waals surface area contributed by atoms with Gasteiger partial charge >= 0.3 is 0 Å². The number of aliphatic hydroxyl groups is 1. The van der Waals surface area contributed by atoms with Gasteiger partial charge in [0.05, 0.1) is 22.5 Å². The molecule has 0 atom stereocenters. The first-order valence-electron chi connectivity index (χ1n) is 13.8. The predicted octanol–water partition coefficient (Wildman–Crippen LogP) is 4.96. The number of fused-ring (bicyclic) bond motifs is 1. The lowest BCUT2D eigenvalue weighted by Gasteiger charge is -2.16. The number of ether oxygens (including phenoxy) is 1. The first-order chi connectivity index (χ1) is 21.3. The number of hydrogen-bond donors (Lipinski definition) is 5. The van der Waals surface area contributed by atoms with E-state index in [1.54, 1.807) is 36.4 Å². The molecule has 12 heteroatoms. The molecule has 44 heavy (non-hydrogen) atoms. The van der Waals surface area contributed by atoms with Crippen molar-refractivity contribution in [3.8, 4) is 5.75 Å². The number of phenols is 1. The normalized spacial score (nSPS) is 11.3. The SMILES string of the molecule is O=C(COCc1ccccc1)Nc1cccc(S(=O)(=O)Nc2nc3ccccc3nc2Nc2cc(O)ccc2CCCO)c1. The Bertz CT molecular complexity index is 1870. The van der Waals surface area contributed by atoms with Crippen LogP contribution in [0.25, 0.3) is 11.0 Å². The van der Waals surface area contributed by atoms with Crippen LogP contribution in [-0.4, -0.2) is 47.7 Å². The summed E-state index contributed by atoms with van der Waals surface area (Å²) in [6.07, 6.45) is 1.01. The van der Waals surface area contributed by atoms with E-state index in [1.165, 1.54) is 30.3 Å². The molecule has 226 valence electrons. The van der Waals surface area contributed by atoms with E-state index in [2.05, 4.69) is 25.3 Å². The minimum Gasteiger partial charge on any atom is -0.508 e. The Balaban J connectivity index is 1.37. The lowest BCUT2D eigenvalue weighted by atomic mass is 10.1. The van der Waals surface area contributed by atoms with Crippen LogP contribution in [0.5, 0.6) is 5.75 Å². The third-order valence-corrected chi connectivity index (χ3v) is 7.86. The molecule has 0 bridgehead atoms. The second-order valence-corrected chi connectivity index (χ2v) is 11.5. The molecular formula is C32H31N5O6S. The molecule has 0 radical (unpaired) electrons. The van der Waals surface area contributed by atoms with Gasteiger partial charge in [-0.15, -0.1) is 0 Å². The minimum atomic E-state index is -4.20. The molecule has 5 N–H and O–H groups in total. The van der Waals surface area contributed by atoms with E-state index in [4.69, 9.17) is 4.74 Å². The number of amides is 1. The number of carbonyl (C=O) groups excluding carboxylic acids is 1. The highest BCUT2D eigenvalue weighted by atomic mass is 32.2. The molecule has 1 heterocycles. The summed E-state index contributed by atoms with van der Waals surface area (Å²) in [5.41, 5.74) is 3.46. The molecule has 1 aromatic heterocycles. The van der Waals surface area contributed by atoms with Gasteiger partial charge in [-0.2, -0.15) is 0 Å². The number of benzene rings is 4. The van der Waals surface area contributed by atoms with Gasteiger partial charge in [-0.1, -0.05) is 54.6 Å². The highest BCUT2D eigenvalue weighted by Crippen LogP contribution is 2.31. The van der Waals surface area contributed by atoms with E-state index in [-0.39, 0.29) is 47.8 Å². The van der Waals surface area contributed by atoms with Crippen molar-refractivity contribution in [2.45, 2.75) is 24.3 Å². The van der Waals surface area contributed by atoms with Crippen LogP contribution in [0.1, 0.15) is 17.5 Å². The monoisotopic (exact) mass is 613 g/mol. The van der Waals surface area contributed by atoms with Gasteiger partial charge in [0.25, 0.3) is 10.0 Å². The molecule has 5 aromatic rings. The lowest BCUT2D eigenvalue weighted by molar-refractivity contribution is -0.121. The lowest BCUT2D eigenvalue weighted by Crippen LogP contribution is -2.19. The molecular weight excluding hydrogens is 582 g/mol. The summed E-state index contributed by atoms with van der Waals surface area (Å²) in [6, 6.07) is 27.0. The number of rotatable bonds is 13. The Morgan fingerprint density at radius 2 is 1.57 bits per heavy atom. The number of anilines is 4. The third kappa shape index (κ3) is 7.86. The van der Waals surface area contributed by atoms with Crippen molar-refractivity contribution in [1.29, 1.82) is 0 Å². The van der Waals surface area contributed by atoms with Crippen LogP contribution < -0.4 is 15.4 Å². The van der Waals surface area contributed by atoms with Crippen LogP contribution in [0, 0.1) is 0 Å². The summed E-state index contributed by atoms with van der Waals surface area (Å²) in [7, 11) is -4.20. The van der Waals surface area contributed by atoms with Gasteiger partial charge in [-0.25, -0.2) is 18.4 Å². The van der Waals surface area contributed by atoms with E-state index >= 15 is 0 Å². The smallest absolute Gasteiger partial charge is 0.263 e. The van der Waals surface area contributed by atoms with Crippen molar-refractivity contribution in [3.63, 3.8) is 0 Å². The third-order valence-electron chi connectivity index (χ3n) is 6.53. The number of hydrogen-bond acceptors (Lipinski definition) is 9. The average molecular weight is 614 g/mol. The number of nitrogens with zero attached hydrogens (tertiary/aromatic N) is 2. The molecule has 5 rings (SSSR count). The Labute approximate surface area is 254 Å². The van der Waals surface area contributed by atoms with Crippen LogP contribution in [0.2, 0.25) is 0 Å². The van der Waals surface area contributed by atoms with Gasteiger partial charge in [0, 0.05) is 24.0 Å². The highest BCUT2D eigenvalue weighted by Gasteiger charge is 2.20. The molecule has 0 aliphatic rings.